The summed E-state index contributed by atoms with van der Waals surface area (Å²) in [5, 5.41) is 8.26. The van der Waals surface area contributed by atoms with Crippen LogP contribution in [-0.4, -0.2) is 19.9 Å². The zero-order valence-electron chi connectivity index (χ0n) is 8.37. The predicted octanol–water partition coefficient (Wildman–Crippen LogP) is -0.0352. The van der Waals surface area contributed by atoms with Crippen LogP contribution in [0.4, 0.5) is 5.95 Å². The van der Waals surface area contributed by atoms with Crippen molar-refractivity contribution in [3.8, 4) is 0 Å². The van der Waals surface area contributed by atoms with Crippen LogP contribution in [0.5, 0.6) is 0 Å². The summed E-state index contributed by atoms with van der Waals surface area (Å²) >= 11 is 1.48. The summed E-state index contributed by atoms with van der Waals surface area (Å²) in [4.78, 5) is 3.94. The minimum atomic E-state index is 0.331. The normalized spacial score (nSPS) is 10.3. The third kappa shape index (κ3) is 2.23. The Bertz CT molecular complexity index is 455. The lowest BCUT2D eigenvalue weighted by Gasteiger charge is -2.02. The molecule has 0 aliphatic heterocycles. The first kappa shape index (κ1) is 10.7. The fourth-order valence-corrected chi connectivity index (χ4v) is 1.91. The lowest BCUT2D eigenvalue weighted by molar-refractivity contribution is 0.846. The van der Waals surface area contributed by atoms with E-state index in [2.05, 4.69) is 20.6 Å². The van der Waals surface area contributed by atoms with Crippen LogP contribution in [0.2, 0.25) is 0 Å². The maximum Gasteiger partial charge on any atom is 0.258 e. The summed E-state index contributed by atoms with van der Waals surface area (Å²) in [6.07, 6.45) is 3.49. The number of pyridine rings is 1. The van der Waals surface area contributed by atoms with Crippen molar-refractivity contribution in [2.75, 3.05) is 11.3 Å². The molecule has 2 aromatic rings. The molecule has 0 bridgehead atoms. The van der Waals surface area contributed by atoms with Gasteiger partial charge in [-0.2, -0.15) is 0 Å². The van der Waals surface area contributed by atoms with Gasteiger partial charge in [0.2, 0.25) is 5.16 Å². The summed E-state index contributed by atoms with van der Waals surface area (Å²) < 4.78 is 1.31. The first-order valence-electron chi connectivity index (χ1n) is 4.50. The fraction of sp³-hybridized carbons (Fsp3) is 0.125. The number of rotatable bonds is 4. The SMILES string of the molecule is NNc1nnc(SCc2ccncc2)n1N. The van der Waals surface area contributed by atoms with Gasteiger partial charge in [-0.15, -0.1) is 10.2 Å². The number of thioether (sulfide) groups is 1. The Morgan fingerprint density at radius 1 is 1.31 bits per heavy atom. The highest BCUT2D eigenvalue weighted by atomic mass is 32.2. The lowest BCUT2D eigenvalue weighted by atomic mass is 10.3. The highest BCUT2D eigenvalue weighted by Gasteiger charge is 2.08. The highest BCUT2D eigenvalue weighted by molar-refractivity contribution is 7.98. The van der Waals surface area contributed by atoms with Gasteiger partial charge < -0.3 is 5.84 Å². The molecule has 0 amide bonds. The molecule has 0 fully saturated rings. The van der Waals surface area contributed by atoms with E-state index in [4.69, 9.17) is 11.7 Å². The zero-order valence-corrected chi connectivity index (χ0v) is 9.18. The molecular weight excluding hydrogens is 226 g/mol. The van der Waals surface area contributed by atoms with E-state index in [-0.39, 0.29) is 0 Å². The van der Waals surface area contributed by atoms with Crippen molar-refractivity contribution in [2.45, 2.75) is 10.9 Å². The van der Waals surface area contributed by atoms with Gasteiger partial charge in [0.05, 0.1) is 0 Å². The van der Waals surface area contributed by atoms with Crippen LogP contribution in [-0.2, 0) is 5.75 Å². The number of anilines is 1. The number of hydrazine groups is 1. The van der Waals surface area contributed by atoms with Crippen LogP contribution in [0, 0.1) is 0 Å². The molecule has 84 valence electrons. The zero-order chi connectivity index (χ0) is 11.4. The Kier molecular flexibility index (Phi) is 3.22. The van der Waals surface area contributed by atoms with Crippen molar-refractivity contribution >= 4 is 17.7 Å². The van der Waals surface area contributed by atoms with Crippen molar-refractivity contribution in [3.63, 3.8) is 0 Å². The van der Waals surface area contributed by atoms with Crippen molar-refractivity contribution in [2.24, 2.45) is 5.84 Å². The topological polar surface area (TPSA) is 108 Å². The van der Waals surface area contributed by atoms with Crippen LogP contribution in [0.1, 0.15) is 5.56 Å². The first-order valence-corrected chi connectivity index (χ1v) is 5.48. The van der Waals surface area contributed by atoms with E-state index < -0.39 is 0 Å². The summed E-state index contributed by atoms with van der Waals surface area (Å²) in [6.45, 7) is 0. The van der Waals surface area contributed by atoms with E-state index in [1.54, 1.807) is 12.4 Å². The summed E-state index contributed by atoms with van der Waals surface area (Å²) in [5.74, 6) is 12.0. The number of hydrogen-bond donors (Lipinski definition) is 3. The Labute approximate surface area is 96.2 Å². The van der Waals surface area contributed by atoms with Gasteiger partial charge in [0.25, 0.3) is 5.95 Å². The lowest BCUT2D eigenvalue weighted by Crippen LogP contribution is -2.18. The number of nitrogens with one attached hydrogen (secondary N) is 1. The van der Waals surface area contributed by atoms with Crippen LogP contribution in [0.3, 0.4) is 0 Å². The molecule has 0 saturated heterocycles. The molecule has 0 aliphatic rings. The number of hydrogen-bond acceptors (Lipinski definition) is 7. The Morgan fingerprint density at radius 2 is 2.06 bits per heavy atom. The van der Waals surface area contributed by atoms with Gasteiger partial charge in [-0.1, -0.05) is 11.8 Å². The molecule has 7 nitrogen and oxygen atoms in total. The second-order valence-corrected chi connectivity index (χ2v) is 3.91. The van der Waals surface area contributed by atoms with Gasteiger partial charge in [-0.25, -0.2) is 10.5 Å². The van der Waals surface area contributed by atoms with E-state index >= 15 is 0 Å². The molecule has 5 N–H and O–H groups in total. The van der Waals surface area contributed by atoms with Crippen molar-refractivity contribution in [3.05, 3.63) is 30.1 Å². The smallest absolute Gasteiger partial charge is 0.258 e. The number of nitrogens with two attached hydrogens (primary N) is 2. The van der Waals surface area contributed by atoms with Crippen molar-refractivity contribution in [1.29, 1.82) is 0 Å². The first-order chi connectivity index (χ1) is 7.81. The third-order valence-electron chi connectivity index (χ3n) is 1.91. The molecule has 0 aliphatic carbocycles. The predicted molar refractivity (Wildman–Crippen MR) is 61.8 cm³/mol. The molecule has 0 unspecified atom stereocenters. The minimum absolute atomic E-state index is 0.331. The Balaban J connectivity index is 2.02. The Hall–Kier alpha value is -1.80. The molecule has 0 spiro atoms. The second kappa shape index (κ2) is 4.81. The van der Waals surface area contributed by atoms with Crippen molar-refractivity contribution < 1.29 is 0 Å². The van der Waals surface area contributed by atoms with E-state index in [1.807, 2.05) is 12.1 Å². The summed E-state index contributed by atoms with van der Waals surface area (Å²) in [6, 6.07) is 3.87. The number of nitrogens with zero attached hydrogens (tertiary/aromatic N) is 4. The molecule has 0 saturated carbocycles. The van der Waals surface area contributed by atoms with E-state index in [9.17, 15) is 0 Å². The molecular formula is C8H11N7S. The number of nitrogen functional groups attached to an aromatic ring is 2. The van der Waals surface area contributed by atoms with Crippen LogP contribution >= 0.6 is 11.8 Å². The third-order valence-corrected chi connectivity index (χ3v) is 2.93. The highest BCUT2D eigenvalue weighted by Crippen LogP contribution is 2.20. The molecule has 0 radical (unpaired) electrons. The summed E-state index contributed by atoms with van der Waals surface area (Å²) in [7, 11) is 0. The largest absolute Gasteiger partial charge is 0.334 e. The van der Waals surface area contributed by atoms with Gasteiger partial charge in [-0.3, -0.25) is 10.4 Å². The quantitative estimate of drug-likeness (QED) is 0.389. The molecule has 16 heavy (non-hydrogen) atoms. The summed E-state index contributed by atoms with van der Waals surface area (Å²) in [5.41, 5.74) is 3.50. The average molecular weight is 237 g/mol. The molecule has 2 rings (SSSR count). The maximum absolute atomic E-state index is 5.69. The second-order valence-electron chi connectivity index (χ2n) is 2.96. The van der Waals surface area contributed by atoms with Gasteiger partial charge >= 0.3 is 0 Å². The average Bonchev–Trinajstić information content (AvgIpc) is 2.69. The van der Waals surface area contributed by atoms with Crippen LogP contribution < -0.4 is 17.1 Å². The van der Waals surface area contributed by atoms with E-state index in [1.165, 1.54) is 16.4 Å². The van der Waals surface area contributed by atoms with E-state index in [0.717, 1.165) is 11.3 Å². The minimum Gasteiger partial charge on any atom is -0.334 e. The van der Waals surface area contributed by atoms with E-state index in [0.29, 0.717) is 11.1 Å². The van der Waals surface area contributed by atoms with Gasteiger partial charge in [0.1, 0.15) is 0 Å². The Morgan fingerprint density at radius 3 is 2.69 bits per heavy atom. The number of aromatic nitrogens is 4. The van der Waals surface area contributed by atoms with Gasteiger partial charge in [-0.05, 0) is 17.7 Å². The van der Waals surface area contributed by atoms with Gasteiger partial charge in [0.15, 0.2) is 0 Å². The van der Waals surface area contributed by atoms with Crippen molar-refractivity contribution in [1.82, 2.24) is 19.9 Å². The monoisotopic (exact) mass is 237 g/mol. The van der Waals surface area contributed by atoms with Crippen LogP contribution in [0.25, 0.3) is 0 Å². The molecule has 2 aromatic heterocycles. The fourth-order valence-electron chi connectivity index (χ4n) is 1.10. The standard InChI is InChI=1S/C8H11N7S/c9-12-7-13-14-8(15(7)10)16-5-6-1-3-11-4-2-6/h1-4H,5,9-10H2,(H,12,13). The molecule has 0 atom stereocenters. The molecule has 2 heterocycles. The molecule has 8 heteroatoms. The maximum atomic E-state index is 5.69. The van der Waals surface area contributed by atoms with Gasteiger partial charge in [0, 0.05) is 18.1 Å². The van der Waals surface area contributed by atoms with Crippen LogP contribution in [0.15, 0.2) is 29.7 Å². The molecule has 0 aromatic carbocycles.